The maximum atomic E-state index is 13.6. The maximum Gasteiger partial charge on any atom is 0.338 e. The Morgan fingerprint density at radius 2 is 2.14 bits per heavy atom. The first-order valence-electron chi connectivity index (χ1n) is 6.22. The summed E-state index contributed by atoms with van der Waals surface area (Å²) in [6, 6.07) is 2.53. The van der Waals surface area contributed by atoms with E-state index in [4.69, 9.17) is 10.5 Å². The standard InChI is InChI=1S/C14H15BrFN3O2/c1-7-10(16)4-9(5-11(7)17)14(20)21-6-12-13(15)8(2)18-19(12)3/h4-5H,6,17H2,1-3H3. The minimum Gasteiger partial charge on any atom is -0.456 e. The molecule has 0 unspecified atom stereocenters. The van der Waals surface area contributed by atoms with E-state index in [2.05, 4.69) is 21.0 Å². The van der Waals surface area contributed by atoms with Crippen LogP contribution in [0.3, 0.4) is 0 Å². The second-order valence-corrected chi connectivity index (χ2v) is 5.51. The molecule has 0 radical (unpaired) electrons. The molecule has 21 heavy (non-hydrogen) atoms. The summed E-state index contributed by atoms with van der Waals surface area (Å²) in [5.74, 6) is -1.16. The number of anilines is 1. The molecule has 0 aliphatic carbocycles. The molecule has 2 N–H and O–H groups in total. The summed E-state index contributed by atoms with van der Waals surface area (Å²) in [7, 11) is 1.75. The van der Waals surface area contributed by atoms with Crippen molar-refractivity contribution in [3.63, 3.8) is 0 Å². The van der Waals surface area contributed by atoms with E-state index in [1.807, 2.05) is 6.92 Å². The highest BCUT2D eigenvalue weighted by molar-refractivity contribution is 9.10. The van der Waals surface area contributed by atoms with Gasteiger partial charge in [-0.3, -0.25) is 4.68 Å². The van der Waals surface area contributed by atoms with E-state index in [9.17, 15) is 9.18 Å². The molecule has 1 aromatic heterocycles. The molecule has 2 rings (SSSR count). The summed E-state index contributed by atoms with van der Waals surface area (Å²) in [5.41, 5.74) is 7.80. The first kappa shape index (κ1) is 15.5. The van der Waals surface area contributed by atoms with Crippen molar-refractivity contribution in [2.75, 3.05) is 5.73 Å². The molecular weight excluding hydrogens is 341 g/mol. The summed E-state index contributed by atoms with van der Waals surface area (Å²) in [5, 5.41) is 4.20. The Balaban J connectivity index is 2.16. The van der Waals surface area contributed by atoms with Crippen molar-refractivity contribution >= 4 is 27.6 Å². The number of nitrogen functional groups attached to an aromatic ring is 1. The lowest BCUT2D eigenvalue weighted by Crippen LogP contribution is -2.10. The number of esters is 1. The molecule has 0 saturated carbocycles. The lowest BCUT2D eigenvalue weighted by atomic mass is 10.1. The number of benzene rings is 1. The van der Waals surface area contributed by atoms with E-state index < -0.39 is 11.8 Å². The fraction of sp³-hybridized carbons (Fsp3) is 0.286. The summed E-state index contributed by atoms with van der Waals surface area (Å²) in [6.07, 6.45) is 0. The third kappa shape index (κ3) is 3.07. The average molecular weight is 356 g/mol. The van der Waals surface area contributed by atoms with Gasteiger partial charge in [0.1, 0.15) is 12.4 Å². The molecule has 0 spiro atoms. The third-order valence-electron chi connectivity index (χ3n) is 3.22. The van der Waals surface area contributed by atoms with Gasteiger partial charge in [-0.2, -0.15) is 5.10 Å². The second kappa shape index (κ2) is 5.85. The Labute approximate surface area is 130 Å². The third-order valence-corrected chi connectivity index (χ3v) is 4.25. The van der Waals surface area contributed by atoms with Crippen LogP contribution in [0.4, 0.5) is 10.1 Å². The number of aryl methyl sites for hydroxylation is 2. The Hall–Kier alpha value is -1.89. The molecule has 7 heteroatoms. The van der Waals surface area contributed by atoms with Gasteiger partial charge in [0, 0.05) is 18.3 Å². The van der Waals surface area contributed by atoms with E-state index in [-0.39, 0.29) is 17.9 Å². The highest BCUT2D eigenvalue weighted by Gasteiger charge is 2.16. The van der Waals surface area contributed by atoms with E-state index in [1.54, 1.807) is 18.7 Å². The molecule has 0 fully saturated rings. The smallest absolute Gasteiger partial charge is 0.338 e. The van der Waals surface area contributed by atoms with Crippen LogP contribution < -0.4 is 5.73 Å². The number of ether oxygens (including phenoxy) is 1. The van der Waals surface area contributed by atoms with Gasteiger partial charge in [0.15, 0.2) is 0 Å². The molecular formula is C14H15BrFN3O2. The molecule has 0 amide bonds. The Bertz CT molecular complexity index is 689. The van der Waals surface area contributed by atoms with Gasteiger partial charge in [-0.05, 0) is 41.9 Å². The Morgan fingerprint density at radius 1 is 1.48 bits per heavy atom. The fourth-order valence-electron chi connectivity index (χ4n) is 1.87. The topological polar surface area (TPSA) is 70.1 Å². The predicted octanol–water partition coefficient (Wildman–Crippen LogP) is 2.88. The Morgan fingerprint density at radius 3 is 2.67 bits per heavy atom. The van der Waals surface area contributed by atoms with Gasteiger partial charge in [0.25, 0.3) is 0 Å². The lowest BCUT2D eigenvalue weighted by molar-refractivity contribution is 0.0462. The summed E-state index contributed by atoms with van der Waals surface area (Å²) in [4.78, 5) is 12.0. The molecule has 2 aromatic rings. The summed E-state index contributed by atoms with van der Waals surface area (Å²) in [6.45, 7) is 3.42. The van der Waals surface area contributed by atoms with Crippen molar-refractivity contribution in [1.29, 1.82) is 0 Å². The van der Waals surface area contributed by atoms with Gasteiger partial charge in [-0.1, -0.05) is 0 Å². The molecule has 0 bridgehead atoms. The van der Waals surface area contributed by atoms with Crippen molar-refractivity contribution in [2.45, 2.75) is 20.5 Å². The highest BCUT2D eigenvalue weighted by Crippen LogP contribution is 2.22. The first-order valence-corrected chi connectivity index (χ1v) is 7.01. The number of rotatable bonds is 3. The van der Waals surface area contributed by atoms with Crippen LogP contribution in [0, 0.1) is 19.7 Å². The lowest BCUT2D eigenvalue weighted by Gasteiger charge is -2.08. The van der Waals surface area contributed by atoms with Crippen molar-refractivity contribution in [1.82, 2.24) is 9.78 Å². The average Bonchev–Trinajstić information content (AvgIpc) is 2.66. The normalized spacial score (nSPS) is 10.7. The molecule has 0 saturated heterocycles. The van der Waals surface area contributed by atoms with E-state index in [1.165, 1.54) is 6.07 Å². The van der Waals surface area contributed by atoms with E-state index in [0.29, 0.717) is 5.56 Å². The van der Waals surface area contributed by atoms with Crippen LogP contribution in [-0.4, -0.2) is 15.7 Å². The Kier molecular flexibility index (Phi) is 4.32. The molecule has 1 heterocycles. The van der Waals surface area contributed by atoms with Crippen LogP contribution >= 0.6 is 15.9 Å². The zero-order valence-corrected chi connectivity index (χ0v) is 13.5. The van der Waals surface area contributed by atoms with Gasteiger partial charge in [0.2, 0.25) is 0 Å². The van der Waals surface area contributed by atoms with Crippen LogP contribution in [-0.2, 0) is 18.4 Å². The summed E-state index contributed by atoms with van der Waals surface area (Å²) >= 11 is 3.39. The second-order valence-electron chi connectivity index (χ2n) is 4.72. The van der Waals surface area contributed by atoms with Gasteiger partial charge < -0.3 is 10.5 Å². The number of hydrogen-bond acceptors (Lipinski definition) is 4. The van der Waals surface area contributed by atoms with Gasteiger partial charge in [-0.25, -0.2) is 9.18 Å². The largest absolute Gasteiger partial charge is 0.456 e. The van der Waals surface area contributed by atoms with Crippen molar-refractivity contribution in [2.24, 2.45) is 7.05 Å². The minimum absolute atomic E-state index is 0.0339. The molecule has 112 valence electrons. The SMILES string of the molecule is Cc1nn(C)c(COC(=O)c2cc(N)c(C)c(F)c2)c1Br. The molecule has 0 atom stereocenters. The molecule has 5 nitrogen and oxygen atoms in total. The van der Waals surface area contributed by atoms with Crippen molar-refractivity contribution in [3.05, 3.63) is 44.9 Å². The van der Waals surface area contributed by atoms with Gasteiger partial charge >= 0.3 is 5.97 Å². The molecule has 1 aromatic carbocycles. The van der Waals surface area contributed by atoms with Gasteiger partial charge in [-0.15, -0.1) is 0 Å². The van der Waals surface area contributed by atoms with Crippen LogP contribution in [0.1, 0.15) is 27.3 Å². The maximum absolute atomic E-state index is 13.6. The number of nitrogens with zero attached hydrogens (tertiary/aromatic N) is 2. The van der Waals surface area contributed by atoms with Crippen molar-refractivity contribution < 1.29 is 13.9 Å². The van der Waals surface area contributed by atoms with Crippen LogP contribution in [0.5, 0.6) is 0 Å². The zero-order valence-electron chi connectivity index (χ0n) is 11.9. The number of aromatic nitrogens is 2. The summed E-state index contributed by atoms with van der Waals surface area (Å²) < 4.78 is 21.2. The van der Waals surface area contributed by atoms with Crippen molar-refractivity contribution in [3.8, 4) is 0 Å². The quantitative estimate of drug-likeness (QED) is 0.678. The predicted molar refractivity (Wildman–Crippen MR) is 80.3 cm³/mol. The first-order chi connectivity index (χ1) is 9.81. The van der Waals surface area contributed by atoms with E-state index in [0.717, 1.165) is 21.9 Å². The number of carbonyl (C=O) groups excluding carboxylic acids is 1. The number of halogens is 2. The highest BCUT2D eigenvalue weighted by atomic mass is 79.9. The number of hydrogen-bond donors (Lipinski definition) is 1. The minimum atomic E-state index is -0.633. The number of carbonyl (C=O) groups is 1. The molecule has 0 aliphatic rings. The van der Waals surface area contributed by atoms with Gasteiger partial charge in [0.05, 0.1) is 21.4 Å². The molecule has 0 aliphatic heterocycles. The van der Waals surface area contributed by atoms with E-state index >= 15 is 0 Å². The monoisotopic (exact) mass is 355 g/mol. The fourth-order valence-corrected chi connectivity index (χ4v) is 2.32. The zero-order chi connectivity index (χ0) is 15.7. The number of nitrogens with two attached hydrogens (primary N) is 1. The van der Waals surface area contributed by atoms with Crippen LogP contribution in [0.2, 0.25) is 0 Å². The van der Waals surface area contributed by atoms with Crippen LogP contribution in [0.15, 0.2) is 16.6 Å². The van der Waals surface area contributed by atoms with Crippen LogP contribution in [0.25, 0.3) is 0 Å².